The summed E-state index contributed by atoms with van der Waals surface area (Å²) < 4.78 is 27.4. The molecule has 1 heterocycles. The number of rotatable bonds is 5. The molecular weight excluding hydrogens is 278 g/mol. The van der Waals surface area contributed by atoms with E-state index < -0.39 is 10.0 Å². The van der Waals surface area contributed by atoms with Crippen LogP contribution in [0.5, 0.6) is 0 Å². The van der Waals surface area contributed by atoms with Crippen molar-refractivity contribution in [2.24, 2.45) is 11.8 Å². The standard InChI is InChI=1S/C13H23N3O3S/c1-9-13(10(2)16-15-9)20(18,19)14-7-11-5-3-4-6-12(11)8-17/h11-12,14,17H,3-8H2,1-2H3,(H,15,16). The molecule has 1 aromatic heterocycles. The van der Waals surface area contributed by atoms with Crippen molar-refractivity contribution in [2.45, 2.75) is 44.4 Å². The first-order valence-corrected chi connectivity index (χ1v) is 8.56. The lowest BCUT2D eigenvalue weighted by Crippen LogP contribution is -2.35. The van der Waals surface area contributed by atoms with Crippen molar-refractivity contribution in [2.75, 3.05) is 13.2 Å². The molecule has 3 N–H and O–H groups in total. The number of nitrogens with zero attached hydrogens (tertiary/aromatic N) is 1. The van der Waals surface area contributed by atoms with Crippen molar-refractivity contribution in [3.8, 4) is 0 Å². The summed E-state index contributed by atoms with van der Waals surface area (Å²) in [7, 11) is -3.53. The molecule has 0 aliphatic heterocycles. The van der Waals surface area contributed by atoms with E-state index in [2.05, 4.69) is 14.9 Å². The average Bonchev–Trinajstić information content (AvgIpc) is 2.77. The fourth-order valence-electron chi connectivity index (χ4n) is 3.02. The molecule has 20 heavy (non-hydrogen) atoms. The maximum Gasteiger partial charge on any atom is 0.244 e. The van der Waals surface area contributed by atoms with Crippen LogP contribution in [0.15, 0.2) is 4.90 Å². The average molecular weight is 301 g/mol. The van der Waals surface area contributed by atoms with E-state index in [4.69, 9.17) is 0 Å². The van der Waals surface area contributed by atoms with E-state index in [1.165, 1.54) is 0 Å². The number of aryl methyl sites for hydroxylation is 2. The fourth-order valence-corrected chi connectivity index (χ4v) is 4.48. The Bertz CT molecular complexity index is 534. The van der Waals surface area contributed by atoms with Gasteiger partial charge in [0.1, 0.15) is 4.90 Å². The third-order valence-electron chi connectivity index (χ3n) is 4.17. The van der Waals surface area contributed by atoms with E-state index in [0.717, 1.165) is 25.7 Å². The molecule has 2 rings (SSSR count). The monoisotopic (exact) mass is 301 g/mol. The van der Waals surface area contributed by atoms with Crippen molar-refractivity contribution in [3.63, 3.8) is 0 Å². The smallest absolute Gasteiger partial charge is 0.244 e. The van der Waals surface area contributed by atoms with Crippen LogP contribution in [-0.4, -0.2) is 36.9 Å². The van der Waals surface area contributed by atoms with Gasteiger partial charge in [0.25, 0.3) is 0 Å². The van der Waals surface area contributed by atoms with Crippen LogP contribution in [0.1, 0.15) is 37.1 Å². The second-order valence-electron chi connectivity index (χ2n) is 5.60. The summed E-state index contributed by atoms with van der Waals surface area (Å²) >= 11 is 0. The van der Waals surface area contributed by atoms with Crippen LogP contribution >= 0.6 is 0 Å². The van der Waals surface area contributed by atoms with E-state index in [1.807, 2.05) is 0 Å². The van der Waals surface area contributed by atoms with Crippen LogP contribution in [-0.2, 0) is 10.0 Å². The number of hydrogen-bond donors (Lipinski definition) is 3. The van der Waals surface area contributed by atoms with Crippen LogP contribution in [0.4, 0.5) is 0 Å². The molecule has 0 saturated heterocycles. The first kappa shape index (κ1) is 15.5. The molecule has 0 radical (unpaired) electrons. The number of hydrogen-bond acceptors (Lipinski definition) is 4. The van der Waals surface area contributed by atoms with Crippen molar-refractivity contribution in [1.29, 1.82) is 0 Å². The van der Waals surface area contributed by atoms with Gasteiger partial charge in [0.05, 0.1) is 11.4 Å². The maximum atomic E-state index is 12.3. The molecule has 6 nitrogen and oxygen atoms in total. The predicted octanol–water partition coefficient (Wildman–Crippen LogP) is 1.10. The lowest BCUT2D eigenvalue weighted by Gasteiger charge is -2.30. The van der Waals surface area contributed by atoms with Gasteiger partial charge in [-0.1, -0.05) is 12.8 Å². The zero-order chi connectivity index (χ0) is 14.8. The molecule has 1 aromatic rings. The lowest BCUT2D eigenvalue weighted by molar-refractivity contribution is 0.136. The molecule has 1 aliphatic rings. The lowest BCUT2D eigenvalue weighted by atomic mass is 9.80. The van der Waals surface area contributed by atoms with Crippen LogP contribution in [0.25, 0.3) is 0 Å². The van der Waals surface area contributed by atoms with Crippen LogP contribution in [0.3, 0.4) is 0 Å². The zero-order valence-corrected chi connectivity index (χ0v) is 12.8. The van der Waals surface area contributed by atoms with Crippen molar-refractivity contribution >= 4 is 10.0 Å². The number of aromatic amines is 1. The van der Waals surface area contributed by atoms with Crippen molar-refractivity contribution in [1.82, 2.24) is 14.9 Å². The Hall–Kier alpha value is -0.920. The first-order chi connectivity index (χ1) is 9.45. The van der Waals surface area contributed by atoms with Gasteiger partial charge in [-0.3, -0.25) is 5.10 Å². The SMILES string of the molecule is Cc1n[nH]c(C)c1S(=O)(=O)NCC1CCCCC1CO. The molecule has 0 amide bonds. The Morgan fingerprint density at radius 1 is 1.30 bits per heavy atom. The minimum atomic E-state index is -3.53. The highest BCUT2D eigenvalue weighted by molar-refractivity contribution is 7.89. The Kier molecular flexibility index (Phi) is 4.82. The highest BCUT2D eigenvalue weighted by Gasteiger charge is 2.28. The number of aliphatic hydroxyl groups excluding tert-OH is 1. The third kappa shape index (κ3) is 3.21. The highest BCUT2D eigenvalue weighted by atomic mass is 32.2. The van der Waals surface area contributed by atoms with Gasteiger partial charge in [-0.05, 0) is 38.5 Å². The highest BCUT2D eigenvalue weighted by Crippen LogP contribution is 2.29. The Morgan fingerprint density at radius 3 is 2.50 bits per heavy atom. The van der Waals surface area contributed by atoms with Crippen molar-refractivity contribution in [3.05, 3.63) is 11.4 Å². The fraction of sp³-hybridized carbons (Fsp3) is 0.769. The molecule has 7 heteroatoms. The summed E-state index contributed by atoms with van der Waals surface area (Å²) in [5.74, 6) is 0.425. The quantitative estimate of drug-likeness (QED) is 0.759. The van der Waals surface area contributed by atoms with Gasteiger partial charge >= 0.3 is 0 Å². The summed E-state index contributed by atoms with van der Waals surface area (Å²) in [5, 5.41) is 16.0. The van der Waals surface area contributed by atoms with E-state index in [1.54, 1.807) is 13.8 Å². The summed E-state index contributed by atoms with van der Waals surface area (Å²) in [6.45, 7) is 3.90. The van der Waals surface area contributed by atoms with E-state index in [0.29, 0.717) is 17.9 Å². The molecule has 2 unspecified atom stereocenters. The van der Waals surface area contributed by atoms with Crippen LogP contribution < -0.4 is 4.72 Å². The van der Waals surface area contributed by atoms with Gasteiger partial charge in [0.2, 0.25) is 10.0 Å². The Labute approximate surface area is 120 Å². The largest absolute Gasteiger partial charge is 0.396 e. The number of aromatic nitrogens is 2. The van der Waals surface area contributed by atoms with Gasteiger partial charge in [-0.2, -0.15) is 5.10 Å². The molecular formula is C13H23N3O3S. The minimum absolute atomic E-state index is 0.135. The van der Waals surface area contributed by atoms with Gasteiger partial charge in [-0.15, -0.1) is 0 Å². The summed E-state index contributed by atoms with van der Waals surface area (Å²) in [5.41, 5.74) is 1.04. The summed E-state index contributed by atoms with van der Waals surface area (Å²) in [6, 6.07) is 0. The molecule has 2 atom stereocenters. The van der Waals surface area contributed by atoms with Crippen LogP contribution in [0.2, 0.25) is 0 Å². The van der Waals surface area contributed by atoms with Gasteiger partial charge in [0.15, 0.2) is 0 Å². The number of aliphatic hydroxyl groups is 1. The molecule has 1 aliphatic carbocycles. The van der Waals surface area contributed by atoms with E-state index >= 15 is 0 Å². The Balaban J connectivity index is 2.06. The molecule has 0 bridgehead atoms. The molecule has 1 fully saturated rings. The molecule has 0 aromatic carbocycles. The zero-order valence-electron chi connectivity index (χ0n) is 12.0. The first-order valence-electron chi connectivity index (χ1n) is 7.07. The minimum Gasteiger partial charge on any atom is -0.396 e. The topological polar surface area (TPSA) is 95.1 Å². The van der Waals surface area contributed by atoms with Crippen molar-refractivity contribution < 1.29 is 13.5 Å². The van der Waals surface area contributed by atoms with Crippen LogP contribution in [0, 0.1) is 25.7 Å². The summed E-state index contributed by atoms with van der Waals surface area (Å²) in [4.78, 5) is 0.244. The molecule has 1 saturated carbocycles. The number of sulfonamides is 1. The normalized spacial score (nSPS) is 23.9. The second-order valence-corrected chi connectivity index (χ2v) is 7.31. The third-order valence-corrected chi connectivity index (χ3v) is 5.85. The Morgan fingerprint density at radius 2 is 1.95 bits per heavy atom. The molecule has 0 spiro atoms. The van der Waals surface area contributed by atoms with E-state index in [9.17, 15) is 13.5 Å². The van der Waals surface area contributed by atoms with E-state index in [-0.39, 0.29) is 23.3 Å². The van der Waals surface area contributed by atoms with Gasteiger partial charge in [-0.25, -0.2) is 13.1 Å². The second kappa shape index (κ2) is 6.24. The number of nitrogens with one attached hydrogen (secondary N) is 2. The predicted molar refractivity (Wildman–Crippen MR) is 75.8 cm³/mol. The summed E-state index contributed by atoms with van der Waals surface area (Å²) in [6.07, 6.45) is 4.17. The van der Waals surface area contributed by atoms with Gasteiger partial charge < -0.3 is 5.11 Å². The van der Waals surface area contributed by atoms with Gasteiger partial charge in [0, 0.05) is 13.2 Å². The maximum absolute atomic E-state index is 12.3. The number of H-pyrrole nitrogens is 1. The molecule has 114 valence electrons.